The highest BCUT2D eigenvalue weighted by molar-refractivity contribution is 5.92. The number of ketones is 1. The van der Waals surface area contributed by atoms with Crippen LogP contribution in [0, 0.1) is 28.6 Å². The quantitative estimate of drug-likeness (QED) is 0.425. The summed E-state index contributed by atoms with van der Waals surface area (Å²) in [6.07, 6.45) is 8.41. The van der Waals surface area contributed by atoms with Gasteiger partial charge in [-0.3, -0.25) is 14.4 Å². The summed E-state index contributed by atoms with van der Waals surface area (Å²) in [7, 11) is 0. The molecule has 1 saturated heterocycles. The minimum Gasteiger partial charge on any atom is -0.462 e. The van der Waals surface area contributed by atoms with E-state index in [0.717, 1.165) is 44.9 Å². The van der Waals surface area contributed by atoms with Gasteiger partial charge in [0.05, 0.1) is 6.10 Å². The van der Waals surface area contributed by atoms with E-state index in [9.17, 15) is 14.4 Å². The van der Waals surface area contributed by atoms with Crippen molar-refractivity contribution < 1.29 is 33.3 Å². The summed E-state index contributed by atoms with van der Waals surface area (Å²) in [4.78, 5) is 36.8. The van der Waals surface area contributed by atoms with E-state index in [1.54, 1.807) is 0 Å². The third-order valence-electron chi connectivity index (χ3n) is 10.2. The fraction of sp³-hybridized carbons (Fsp3) is 0.821. The monoisotopic (exact) mass is 488 g/mol. The van der Waals surface area contributed by atoms with E-state index in [0.29, 0.717) is 11.8 Å². The van der Waals surface area contributed by atoms with Crippen molar-refractivity contribution in [2.24, 2.45) is 28.6 Å². The first-order valence-corrected chi connectivity index (χ1v) is 13.2. The number of carbonyl (C=O) groups excluding carboxylic acids is 3. The highest BCUT2D eigenvalue weighted by Gasteiger charge is 2.75. The van der Waals surface area contributed by atoms with Gasteiger partial charge in [-0.1, -0.05) is 25.5 Å². The average molecular weight is 489 g/mol. The van der Waals surface area contributed by atoms with Crippen molar-refractivity contribution in [3.63, 3.8) is 0 Å². The Kier molecular flexibility index (Phi) is 5.80. The van der Waals surface area contributed by atoms with Gasteiger partial charge in [0.2, 0.25) is 5.78 Å². The van der Waals surface area contributed by atoms with Gasteiger partial charge in [-0.25, -0.2) is 0 Å². The van der Waals surface area contributed by atoms with Crippen LogP contribution in [0.15, 0.2) is 11.6 Å². The van der Waals surface area contributed by atoms with Crippen molar-refractivity contribution in [3.05, 3.63) is 11.6 Å². The zero-order valence-electron chi connectivity index (χ0n) is 22.0. The van der Waals surface area contributed by atoms with Crippen LogP contribution in [0.3, 0.4) is 0 Å². The Morgan fingerprint density at radius 2 is 1.77 bits per heavy atom. The van der Waals surface area contributed by atoms with E-state index < -0.39 is 17.4 Å². The lowest BCUT2D eigenvalue weighted by molar-refractivity contribution is -0.215. The third-order valence-corrected chi connectivity index (χ3v) is 10.2. The Bertz CT molecular complexity index is 968. The van der Waals surface area contributed by atoms with Gasteiger partial charge in [-0.05, 0) is 75.5 Å². The molecule has 0 aromatic rings. The van der Waals surface area contributed by atoms with Gasteiger partial charge in [0.15, 0.2) is 18.0 Å². The smallest absolute Gasteiger partial charge is 0.303 e. The van der Waals surface area contributed by atoms with E-state index >= 15 is 0 Å². The summed E-state index contributed by atoms with van der Waals surface area (Å²) in [6.45, 7) is 10.9. The van der Waals surface area contributed by atoms with Crippen LogP contribution in [0.5, 0.6) is 0 Å². The van der Waals surface area contributed by atoms with Crippen molar-refractivity contribution in [2.75, 3.05) is 6.61 Å². The predicted octanol–water partition coefficient (Wildman–Crippen LogP) is 4.51. The molecular weight excluding hydrogens is 448 g/mol. The first-order valence-electron chi connectivity index (χ1n) is 13.2. The fourth-order valence-corrected chi connectivity index (χ4v) is 8.84. The lowest BCUT2D eigenvalue weighted by Gasteiger charge is -2.59. The van der Waals surface area contributed by atoms with Gasteiger partial charge >= 0.3 is 11.9 Å². The summed E-state index contributed by atoms with van der Waals surface area (Å²) in [6, 6.07) is 0. The zero-order valence-corrected chi connectivity index (χ0v) is 22.0. The predicted molar refractivity (Wildman–Crippen MR) is 127 cm³/mol. The van der Waals surface area contributed by atoms with Crippen LogP contribution in [0.2, 0.25) is 0 Å². The molecular formula is C28H40O7. The molecule has 3 saturated carbocycles. The number of Topliss-reactive ketones (excluding diaryl/α,β-unsaturated/α-hetero) is 1. The average Bonchev–Trinajstić information content (AvgIpc) is 3.17. The molecule has 4 aliphatic carbocycles. The topological polar surface area (TPSA) is 88.1 Å². The molecule has 8 atom stereocenters. The third kappa shape index (κ3) is 3.63. The standard InChI is InChI=1S/C28H40O7/c1-16(29)32-15-23(31)28-24(34-25(3,4)35-28)14-22-20-8-7-18-13-19(33-17(2)30)9-11-26(18,5)21(20)10-12-27(22,28)6/h7,19-22,24H,8-15H2,1-6H3/t19-,20+,21+,22+,24+,26-,27-,28+/m0/s1. The number of rotatable bonds is 4. The number of ether oxygens (including phenoxy) is 4. The lowest BCUT2D eigenvalue weighted by atomic mass is 9.46. The number of allylic oxidation sites excluding steroid dienone is 1. The van der Waals surface area contributed by atoms with E-state index in [2.05, 4.69) is 19.9 Å². The van der Waals surface area contributed by atoms with Gasteiger partial charge in [0, 0.05) is 25.7 Å². The summed E-state index contributed by atoms with van der Waals surface area (Å²) in [5.74, 6) is -0.461. The molecule has 4 fully saturated rings. The normalized spacial score (nSPS) is 45.3. The molecule has 0 bridgehead atoms. The summed E-state index contributed by atoms with van der Waals surface area (Å²) in [5.41, 5.74) is 0.0429. The van der Waals surface area contributed by atoms with Crippen LogP contribution < -0.4 is 0 Å². The summed E-state index contributed by atoms with van der Waals surface area (Å²) in [5, 5.41) is 0. The molecule has 0 spiro atoms. The first-order chi connectivity index (χ1) is 16.3. The number of carbonyl (C=O) groups is 3. The van der Waals surface area contributed by atoms with Crippen molar-refractivity contribution in [2.45, 2.75) is 110 Å². The minimum atomic E-state index is -1.10. The molecule has 7 nitrogen and oxygen atoms in total. The van der Waals surface area contributed by atoms with Gasteiger partial charge < -0.3 is 18.9 Å². The van der Waals surface area contributed by atoms with Gasteiger partial charge in [-0.15, -0.1) is 0 Å². The molecule has 1 aliphatic heterocycles. The Morgan fingerprint density at radius 1 is 1.03 bits per heavy atom. The molecule has 0 unspecified atom stereocenters. The van der Waals surface area contributed by atoms with Crippen molar-refractivity contribution in [1.29, 1.82) is 0 Å². The maximum atomic E-state index is 13.7. The molecule has 0 aromatic carbocycles. The SMILES string of the molecule is CC(=O)OCC(=O)[C@@]12OC(C)(C)O[C@@H]1C[C@@H]1[C@@H]3CC=C4C[C@@H](OC(C)=O)CC[C@]4(C)[C@@H]3CC[C@@]12C. The fourth-order valence-electron chi connectivity index (χ4n) is 8.84. The van der Waals surface area contributed by atoms with Crippen molar-refractivity contribution in [1.82, 2.24) is 0 Å². The van der Waals surface area contributed by atoms with Crippen molar-refractivity contribution in [3.8, 4) is 0 Å². The summed E-state index contributed by atoms with van der Waals surface area (Å²) >= 11 is 0. The highest BCUT2D eigenvalue weighted by atomic mass is 16.8. The molecule has 0 N–H and O–H groups in total. The van der Waals surface area contributed by atoms with Crippen LogP contribution in [-0.2, 0) is 33.3 Å². The molecule has 0 radical (unpaired) electrons. The molecule has 194 valence electrons. The molecule has 5 rings (SSSR count). The van der Waals surface area contributed by atoms with Crippen LogP contribution in [-0.4, -0.2) is 47.9 Å². The maximum absolute atomic E-state index is 13.7. The van der Waals surface area contributed by atoms with E-state index in [1.807, 2.05) is 13.8 Å². The Labute approximate surface area is 208 Å². The van der Waals surface area contributed by atoms with Crippen LogP contribution >= 0.6 is 0 Å². The Hall–Kier alpha value is -1.73. The second-order valence-corrected chi connectivity index (χ2v) is 12.5. The van der Waals surface area contributed by atoms with Gasteiger partial charge in [-0.2, -0.15) is 0 Å². The number of hydrogen-bond acceptors (Lipinski definition) is 7. The molecule has 35 heavy (non-hydrogen) atoms. The number of esters is 2. The van der Waals surface area contributed by atoms with E-state index in [1.165, 1.54) is 19.4 Å². The molecule has 1 heterocycles. The first kappa shape index (κ1) is 24.9. The second-order valence-electron chi connectivity index (χ2n) is 12.5. The summed E-state index contributed by atoms with van der Waals surface area (Å²) < 4.78 is 23.7. The van der Waals surface area contributed by atoms with Gasteiger partial charge in [0.1, 0.15) is 6.10 Å². The molecule has 5 aliphatic rings. The Balaban J connectivity index is 1.46. The minimum absolute atomic E-state index is 0.0192. The lowest BCUT2D eigenvalue weighted by Crippen LogP contribution is -2.61. The number of fused-ring (bicyclic) bond motifs is 7. The highest BCUT2D eigenvalue weighted by Crippen LogP contribution is 2.70. The Morgan fingerprint density at radius 3 is 2.46 bits per heavy atom. The zero-order chi connectivity index (χ0) is 25.4. The second kappa shape index (κ2) is 8.14. The van der Waals surface area contributed by atoms with Crippen LogP contribution in [0.25, 0.3) is 0 Å². The molecule has 0 aromatic heterocycles. The van der Waals surface area contributed by atoms with Gasteiger partial charge in [0.25, 0.3) is 0 Å². The van der Waals surface area contributed by atoms with Crippen LogP contribution in [0.1, 0.15) is 86.5 Å². The van der Waals surface area contributed by atoms with Crippen LogP contribution in [0.4, 0.5) is 0 Å². The molecule has 7 heteroatoms. The number of hydrogen-bond donors (Lipinski definition) is 0. The largest absolute Gasteiger partial charge is 0.462 e. The van der Waals surface area contributed by atoms with E-state index in [4.69, 9.17) is 18.9 Å². The maximum Gasteiger partial charge on any atom is 0.303 e. The molecule has 0 amide bonds. The van der Waals surface area contributed by atoms with E-state index in [-0.39, 0.29) is 47.3 Å². The van der Waals surface area contributed by atoms with Crippen molar-refractivity contribution >= 4 is 17.7 Å².